The highest BCUT2D eigenvalue weighted by atomic mass is 16.3. The van der Waals surface area contributed by atoms with Crippen molar-refractivity contribution in [2.75, 3.05) is 0 Å². The van der Waals surface area contributed by atoms with Crippen LogP contribution < -0.4 is 10.9 Å². The van der Waals surface area contributed by atoms with Gasteiger partial charge in [-0.3, -0.25) is 20.4 Å². The van der Waals surface area contributed by atoms with Crippen molar-refractivity contribution >= 4 is 22.8 Å². The lowest BCUT2D eigenvalue weighted by Crippen LogP contribution is -2.41. The number of nitrogens with zero attached hydrogens (tertiary/aromatic N) is 2. The molecule has 7 heteroatoms. The third-order valence-corrected chi connectivity index (χ3v) is 4.55. The monoisotopic (exact) mass is 374 g/mol. The summed E-state index contributed by atoms with van der Waals surface area (Å²) in [4.78, 5) is 24.7. The molecule has 0 bridgehead atoms. The quantitative estimate of drug-likeness (QED) is 0.539. The van der Waals surface area contributed by atoms with E-state index in [9.17, 15) is 9.59 Å². The van der Waals surface area contributed by atoms with Gasteiger partial charge < -0.3 is 4.42 Å². The van der Waals surface area contributed by atoms with Crippen LogP contribution in [0.1, 0.15) is 32.2 Å². The van der Waals surface area contributed by atoms with Gasteiger partial charge in [-0.2, -0.15) is 5.10 Å². The topological polar surface area (TPSA) is 89.2 Å². The summed E-state index contributed by atoms with van der Waals surface area (Å²) in [5.41, 5.74) is 8.42. The molecule has 2 aromatic heterocycles. The van der Waals surface area contributed by atoms with Crippen molar-refractivity contribution in [1.82, 2.24) is 20.6 Å². The minimum absolute atomic E-state index is 0.172. The van der Waals surface area contributed by atoms with Crippen molar-refractivity contribution in [2.24, 2.45) is 0 Å². The predicted molar refractivity (Wildman–Crippen MR) is 104 cm³/mol. The van der Waals surface area contributed by atoms with E-state index >= 15 is 0 Å². The van der Waals surface area contributed by atoms with E-state index < -0.39 is 11.8 Å². The number of carbonyl (C=O) groups is 2. The maximum atomic E-state index is 12.4. The van der Waals surface area contributed by atoms with Crippen LogP contribution in [0.25, 0.3) is 16.7 Å². The van der Waals surface area contributed by atoms with Gasteiger partial charge >= 0.3 is 5.91 Å². The number of nitrogens with one attached hydrogen (secondary N) is 2. The third-order valence-electron chi connectivity index (χ3n) is 4.55. The van der Waals surface area contributed by atoms with E-state index in [1.165, 1.54) is 0 Å². The Morgan fingerprint density at radius 1 is 0.929 bits per heavy atom. The smallest absolute Gasteiger partial charge is 0.305 e. The van der Waals surface area contributed by atoms with Crippen LogP contribution >= 0.6 is 0 Å². The Morgan fingerprint density at radius 3 is 2.32 bits per heavy atom. The Morgan fingerprint density at radius 2 is 1.64 bits per heavy atom. The largest absolute Gasteiger partial charge is 0.451 e. The third kappa shape index (κ3) is 3.14. The summed E-state index contributed by atoms with van der Waals surface area (Å²) in [5, 5.41) is 5.09. The van der Waals surface area contributed by atoms with Crippen LogP contribution in [0.4, 0.5) is 0 Å². The molecular weight excluding hydrogens is 356 g/mol. The van der Waals surface area contributed by atoms with Crippen LogP contribution in [0, 0.1) is 13.8 Å². The fourth-order valence-electron chi connectivity index (χ4n) is 3.03. The zero-order valence-corrected chi connectivity index (χ0v) is 15.4. The second kappa shape index (κ2) is 7.03. The molecule has 0 spiro atoms. The fourth-order valence-corrected chi connectivity index (χ4v) is 3.03. The molecule has 2 heterocycles. The molecule has 140 valence electrons. The summed E-state index contributed by atoms with van der Waals surface area (Å²) < 4.78 is 7.37. The Bertz CT molecular complexity index is 1170. The summed E-state index contributed by atoms with van der Waals surface area (Å²) in [6.45, 7) is 3.75. The van der Waals surface area contributed by atoms with Gasteiger partial charge in [0.05, 0.1) is 5.69 Å². The van der Waals surface area contributed by atoms with Gasteiger partial charge in [-0.15, -0.1) is 0 Å². The SMILES string of the molecule is Cc1c(C(=O)NNC(=O)c2ccc(-n3nccc3C)cc2)oc2ccccc12. The molecule has 0 atom stereocenters. The molecule has 28 heavy (non-hydrogen) atoms. The first-order chi connectivity index (χ1) is 13.5. The van der Waals surface area contributed by atoms with Crippen molar-refractivity contribution in [3.05, 3.63) is 83.4 Å². The number of carbonyl (C=O) groups excluding carboxylic acids is 2. The van der Waals surface area contributed by atoms with Crippen molar-refractivity contribution in [1.29, 1.82) is 0 Å². The number of amides is 2. The molecule has 0 saturated carbocycles. The normalized spacial score (nSPS) is 10.8. The van der Waals surface area contributed by atoms with E-state index in [2.05, 4.69) is 16.0 Å². The highest BCUT2D eigenvalue weighted by Gasteiger charge is 2.18. The standard InChI is InChI=1S/C21H18N4O3/c1-13-11-12-22-25(13)16-9-7-15(8-10-16)20(26)23-24-21(27)19-14(2)17-5-3-4-6-18(17)28-19/h3-12H,1-2H3,(H,23,26)(H,24,27). The van der Waals surface area contributed by atoms with Gasteiger partial charge in [-0.1, -0.05) is 18.2 Å². The van der Waals surface area contributed by atoms with E-state index in [1.807, 2.05) is 31.2 Å². The van der Waals surface area contributed by atoms with Crippen LogP contribution in [0.3, 0.4) is 0 Å². The summed E-state index contributed by atoms with van der Waals surface area (Å²) in [5.74, 6) is -0.761. The average molecular weight is 374 g/mol. The number of aryl methyl sites for hydroxylation is 2. The second-order valence-corrected chi connectivity index (χ2v) is 6.39. The first-order valence-electron chi connectivity index (χ1n) is 8.74. The number of para-hydroxylation sites is 1. The molecule has 0 aliphatic heterocycles. The molecule has 4 aromatic rings. The Hall–Kier alpha value is -3.87. The number of hydrogen-bond acceptors (Lipinski definition) is 4. The van der Waals surface area contributed by atoms with Gasteiger partial charge in [0.15, 0.2) is 5.76 Å². The number of hydrogen-bond donors (Lipinski definition) is 2. The van der Waals surface area contributed by atoms with E-state index in [0.717, 1.165) is 22.3 Å². The molecule has 4 rings (SSSR count). The molecule has 0 aliphatic rings. The van der Waals surface area contributed by atoms with Crippen LogP contribution in [0.2, 0.25) is 0 Å². The Labute approximate surface area is 160 Å². The molecule has 0 fully saturated rings. The summed E-state index contributed by atoms with van der Waals surface area (Å²) >= 11 is 0. The number of benzene rings is 2. The molecule has 0 aliphatic carbocycles. The molecule has 2 N–H and O–H groups in total. The fraction of sp³-hybridized carbons (Fsp3) is 0.0952. The van der Waals surface area contributed by atoms with E-state index in [-0.39, 0.29) is 5.76 Å². The molecule has 0 radical (unpaired) electrons. The molecule has 0 unspecified atom stereocenters. The van der Waals surface area contributed by atoms with E-state index in [0.29, 0.717) is 11.1 Å². The first kappa shape index (κ1) is 17.5. The zero-order valence-electron chi connectivity index (χ0n) is 15.4. The lowest BCUT2D eigenvalue weighted by molar-refractivity contribution is 0.0831. The first-order valence-corrected chi connectivity index (χ1v) is 8.74. The molecule has 0 saturated heterocycles. The highest BCUT2D eigenvalue weighted by Crippen LogP contribution is 2.24. The molecule has 7 nitrogen and oxygen atoms in total. The number of rotatable bonds is 3. The van der Waals surface area contributed by atoms with Crippen LogP contribution in [0.5, 0.6) is 0 Å². The number of aromatic nitrogens is 2. The predicted octanol–water partition coefficient (Wildman–Crippen LogP) is 3.31. The lowest BCUT2D eigenvalue weighted by atomic mass is 10.1. The number of furan rings is 1. The second-order valence-electron chi connectivity index (χ2n) is 6.39. The van der Waals surface area contributed by atoms with Gasteiger partial charge in [0, 0.05) is 28.4 Å². The number of fused-ring (bicyclic) bond motifs is 1. The summed E-state index contributed by atoms with van der Waals surface area (Å²) in [6.07, 6.45) is 1.71. The summed E-state index contributed by atoms with van der Waals surface area (Å²) in [6, 6.07) is 16.2. The van der Waals surface area contributed by atoms with Crippen molar-refractivity contribution < 1.29 is 14.0 Å². The highest BCUT2D eigenvalue weighted by molar-refractivity contribution is 6.01. The van der Waals surface area contributed by atoms with E-state index in [4.69, 9.17) is 4.42 Å². The Kier molecular flexibility index (Phi) is 4.41. The van der Waals surface area contributed by atoms with Crippen LogP contribution in [-0.4, -0.2) is 21.6 Å². The Balaban J connectivity index is 1.44. The van der Waals surface area contributed by atoms with Gasteiger partial charge in [-0.05, 0) is 50.2 Å². The van der Waals surface area contributed by atoms with Gasteiger partial charge in [0.1, 0.15) is 5.58 Å². The van der Waals surface area contributed by atoms with Gasteiger partial charge in [0.2, 0.25) is 0 Å². The van der Waals surface area contributed by atoms with Crippen molar-refractivity contribution in [3.63, 3.8) is 0 Å². The zero-order chi connectivity index (χ0) is 19.7. The van der Waals surface area contributed by atoms with Crippen LogP contribution in [0.15, 0.2) is 65.2 Å². The van der Waals surface area contributed by atoms with Crippen LogP contribution in [-0.2, 0) is 0 Å². The van der Waals surface area contributed by atoms with Crippen molar-refractivity contribution in [2.45, 2.75) is 13.8 Å². The van der Waals surface area contributed by atoms with Crippen molar-refractivity contribution in [3.8, 4) is 5.69 Å². The minimum atomic E-state index is -0.508. The molecular formula is C21H18N4O3. The molecule has 2 amide bonds. The lowest BCUT2D eigenvalue weighted by Gasteiger charge is -2.08. The van der Waals surface area contributed by atoms with Gasteiger partial charge in [0.25, 0.3) is 5.91 Å². The van der Waals surface area contributed by atoms with E-state index in [1.54, 1.807) is 48.1 Å². The number of hydrazine groups is 1. The van der Waals surface area contributed by atoms with Gasteiger partial charge in [-0.25, -0.2) is 4.68 Å². The maximum absolute atomic E-state index is 12.4. The summed E-state index contributed by atoms with van der Waals surface area (Å²) in [7, 11) is 0. The average Bonchev–Trinajstić information content (AvgIpc) is 3.29. The maximum Gasteiger partial charge on any atom is 0.305 e. The minimum Gasteiger partial charge on any atom is -0.451 e. The molecule has 2 aromatic carbocycles.